The number of fused-ring (bicyclic) bond motifs is 1. The van der Waals surface area contributed by atoms with E-state index in [-0.39, 0.29) is 6.61 Å². The zero-order valence-electron chi connectivity index (χ0n) is 19.8. The van der Waals surface area contributed by atoms with Gasteiger partial charge in [-0.1, -0.05) is 12.1 Å². The summed E-state index contributed by atoms with van der Waals surface area (Å²) in [6, 6.07) is 11.4. The van der Waals surface area contributed by atoms with Crippen molar-refractivity contribution in [3.05, 3.63) is 48.0 Å². The molecule has 0 saturated carbocycles. The fraction of sp³-hybridized carbons (Fsp3) is 0.400. The SMILES string of the molecule is CCOC(=O)[C@]1(C)N[C@H](c2ccc(OC)c(OC)c2)[C@H]2C(=O)N(c3cccc(OC)c3)C(=O)[C@@H]21. The smallest absolute Gasteiger partial charge is 0.326 e. The lowest BCUT2D eigenvalue weighted by molar-refractivity contribution is -0.153. The fourth-order valence-electron chi connectivity index (χ4n) is 4.94. The van der Waals surface area contributed by atoms with E-state index in [1.807, 2.05) is 0 Å². The second-order valence-electron chi connectivity index (χ2n) is 8.38. The Morgan fingerprint density at radius 2 is 1.74 bits per heavy atom. The molecule has 9 nitrogen and oxygen atoms in total. The van der Waals surface area contributed by atoms with E-state index < -0.39 is 41.2 Å². The van der Waals surface area contributed by atoms with E-state index >= 15 is 0 Å². The highest BCUT2D eigenvalue weighted by Gasteiger charge is 2.67. The first-order valence-electron chi connectivity index (χ1n) is 11.0. The molecule has 0 aromatic heterocycles. The van der Waals surface area contributed by atoms with Crippen molar-refractivity contribution in [1.82, 2.24) is 5.32 Å². The maximum atomic E-state index is 13.7. The Hall–Kier alpha value is -3.59. The maximum absolute atomic E-state index is 13.7. The van der Waals surface area contributed by atoms with Gasteiger partial charge in [0.05, 0.1) is 45.5 Å². The lowest BCUT2D eigenvalue weighted by atomic mass is 9.80. The maximum Gasteiger partial charge on any atom is 0.326 e. The number of esters is 1. The number of hydrogen-bond acceptors (Lipinski definition) is 8. The molecular weight excluding hydrogens is 440 g/mol. The van der Waals surface area contributed by atoms with Gasteiger partial charge in [0, 0.05) is 12.1 Å². The minimum absolute atomic E-state index is 0.149. The quantitative estimate of drug-likeness (QED) is 0.488. The average molecular weight is 469 g/mol. The van der Waals surface area contributed by atoms with Crippen LogP contribution in [0.1, 0.15) is 25.5 Å². The number of nitrogens with zero attached hydrogens (tertiary/aromatic N) is 1. The number of rotatable bonds is 7. The van der Waals surface area contributed by atoms with Crippen LogP contribution >= 0.6 is 0 Å². The molecule has 1 N–H and O–H groups in total. The van der Waals surface area contributed by atoms with Gasteiger partial charge in [-0.05, 0) is 43.7 Å². The van der Waals surface area contributed by atoms with Crippen LogP contribution < -0.4 is 24.4 Å². The van der Waals surface area contributed by atoms with Gasteiger partial charge in [-0.25, -0.2) is 4.90 Å². The molecule has 4 atom stereocenters. The molecule has 4 rings (SSSR count). The van der Waals surface area contributed by atoms with Crippen LogP contribution in [0.5, 0.6) is 17.2 Å². The highest BCUT2D eigenvalue weighted by atomic mass is 16.5. The van der Waals surface area contributed by atoms with E-state index in [0.29, 0.717) is 28.5 Å². The molecule has 2 aliphatic rings. The van der Waals surface area contributed by atoms with Crippen molar-refractivity contribution in [2.75, 3.05) is 32.8 Å². The molecule has 0 unspecified atom stereocenters. The minimum Gasteiger partial charge on any atom is -0.497 e. The van der Waals surface area contributed by atoms with Crippen LogP contribution in [0, 0.1) is 11.8 Å². The van der Waals surface area contributed by atoms with Crippen molar-refractivity contribution in [3.8, 4) is 17.2 Å². The summed E-state index contributed by atoms with van der Waals surface area (Å²) >= 11 is 0. The van der Waals surface area contributed by atoms with Gasteiger partial charge in [-0.3, -0.25) is 19.7 Å². The number of benzene rings is 2. The normalized spacial score (nSPS) is 25.8. The summed E-state index contributed by atoms with van der Waals surface area (Å²) in [7, 11) is 4.56. The van der Waals surface area contributed by atoms with Crippen LogP contribution in [0.25, 0.3) is 0 Å². The summed E-state index contributed by atoms with van der Waals surface area (Å²) < 4.78 is 21.3. The Morgan fingerprint density at radius 3 is 2.38 bits per heavy atom. The van der Waals surface area contributed by atoms with E-state index in [1.165, 1.54) is 21.3 Å². The molecule has 0 spiro atoms. The number of methoxy groups -OCH3 is 3. The number of nitrogens with one attached hydrogen (secondary N) is 1. The second kappa shape index (κ2) is 8.98. The molecule has 9 heteroatoms. The average Bonchev–Trinajstić information content (AvgIpc) is 3.31. The number of carbonyl (C=O) groups excluding carboxylic acids is 3. The van der Waals surface area contributed by atoms with E-state index in [4.69, 9.17) is 18.9 Å². The highest BCUT2D eigenvalue weighted by molar-refractivity contribution is 6.24. The van der Waals surface area contributed by atoms with Crippen LogP contribution in [0.2, 0.25) is 0 Å². The second-order valence-corrected chi connectivity index (χ2v) is 8.38. The zero-order valence-corrected chi connectivity index (χ0v) is 19.8. The third kappa shape index (κ3) is 3.56. The summed E-state index contributed by atoms with van der Waals surface area (Å²) in [6.07, 6.45) is 0. The summed E-state index contributed by atoms with van der Waals surface area (Å²) in [4.78, 5) is 41.7. The third-order valence-corrected chi connectivity index (χ3v) is 6.57. The molecule has 0 aliphatic carbocycles. The van der Waals surface area contributed by atoms with Crippen molar-refractivity contribution in [1.29, 1.82) is 0 Å². The first-order valence-corrected chi connectivity index (χ1v) is 11.0. The minimum atomic E-state index is -1.40. The lowest BCUT2D eigenvalue weighted by Gasteiger charge is -2.29. The lowest BCUT2D eigenvalue weighted by Crippen LogP contribution is -2.54. The monoisotopic (exact) mass is 468 g/mol. The van der Waals surface area contributed by atoms with Crippen LogP contribution in [0.15, 0.2) is 42.5 Å². The molecule has 2 heterocycles. The van der Waals surface area contributed by atoms with Crippen molar-refractivity contribution in [3.63, 3.8) is 0 Å². The Kier molecular flexibility index (Phi) is 6.22. The van der Waals surface area contributed by atoms with Crippen LogP contribution in [0.3, 0.4) is 0 Å². The highest BCUT2D eigenvalue weighted by Crippen LogP contribution is 2.50. The number of imide groups is 1. The first kappa shape index (κ1) is 23.6. The van der Waals surface area contributed by atoms with Gasteiger partial charge in [0.25, 0.3) is 0 Å². The van der Waals surface area contributed by atoms with Crippen molar-refractivity contribution in [2.45, 2.75) is 25.4 Å². The third-order valence-electron chi connectivity index (χ3n) is 6.57. The Morgan fingerprint density at radius 1 is 1.00 bits per heavy atom. The predicted molar refractivity (Wildman–Crippen MR) is 123 cm³/mol. The summed E-state index contributed by atoms with van der Waals surface area (Å²) in [6.45, 7) is 3.46. The standard InChI is InChI=1S/C25H28N2O7/c1-6-34-24(30)25(2)20-19(21(26-25)14-10-11-17(32-4)18(12-14)33-5)22(28)27(23(20)29)15-8-7-9-16(13-15)31-3/h7-13,19-21,26H,6H2,1-5H3/t19-,20+,21+,25+/m0/s1. The molecule has 180 valence electrons. The number of hydrogen-bond donors (Lipinski definition) is 1. The number of ether oxygens (including phenoxy) is 4. The number of carbonyl (C=O) groups is 3. The van der Waals surface area contributed by atoms with Crippen molar-refractivity contribution in [2.24, 2.45) is 11.8 Å². The molecule has 2 saturated heterocycles. The molecule has 2 aromatic carbocycles. The zero-order chi connectivity index (χ0) is 24.6. The Labute approximate surface area is 197 Å². The number of anilines is 1. The summed E-state index contributed by atoms with van der Waals surface area (Å²) in [5.74, 6) is -1.71. The van der Waals surface area contributed by atoms with Gasteiger partial charge < -0.3 is 18.9 Å². The molecule has 2 aliphatic heterocycles. The van der Waals surface area contributed by atoms with Crippen molar-refractivity contribution >= 4 is 23.5 Å². The van der Waals surface area contributed by atoms with Crippen LogP contribution in [-0.2, 0) is 19.1 Å². The van der Waals surface area contributed by atoms with Gasteiger partial charge in [0.2, 0.25) is 11.8 Å². The number of amides is 2. The van der Waals surface area contributed by atoms with E-state index in [0.717, 1.165) is 4.90 Å². The topological polar surface area (TPSA) is 103 Å². The fourth-order valence-corrected chi connectivity index (χ4v) is 4.94. The van der Waals surface area contributed by atoms with E-state index in [1.54, 1.807) is 56.3 Å². The Bertz CT molecular complexity index is 1130. The van der Waals surface area contributed by atoms with Gasteiger partial charge in [-0.2, -0.15) is 0 Å². The van der Waals surface area contributed by atoms with E-state index in [9.17, 15) is 14.4 Å². The summed E-state index contributed by atoms with van der Waals surface area (Å²) in [5, 5.41) is 3.25. The van der Waals surface area contributed by atoms with Crippen LogP contribution in [-0.4, -0.2) is 51.3 Å². The largest absolute Gasteiger partial charge is 0.497 e. The first-order chi connectivity index (χ1) is 16.3. The van der Waals surface area contributed by atoms with Crippen molar-refractivity contribution < 1.29 is 33.3 Å². The molecular formula is C25H28N2O7. The van der Waals surface area contributed by atoms with Gasteiger partial charge in [-0.15, -0.1) is 0 Å². The van der Waals surface area contributed by atoms with Gasteiger partial charge >= 0.3 is 5.97 Å². The molecule has 2 fully saturated rings. The molecule has 0 bridgehead atoms. The van der Waals surface area contributed by atoms with Gasteiger partial charge in [0.1, 0.15) is 11.3 Å². The molecule has 2 aromatic rings. The summed E-state index contributed by atoms with van der Waals surface area (Å²) in [5.41, 5.74) is -0.325. The molecule has 0 radical (unpaired) electrons. The molecule has 34 heavy (non-hydrogen) atoms. The van der Waals surface area contributed by atoms with E-state index in [2.05, 4.69) is 5.32 Å². The Balaban J connectivity index is 1.82. The van der Waals surface area contributed by atoms with Gasteiger partial charge in [0.15, 0.2) is 11.5 Å². The predicted octanol–water partition coefficient (Wildman–Crippen LogP) is 2.48. The molecule has 2 amide bonds. The van der Waals surface area contributed by atoms with Crippen LogP contribution in [0.4, 0.5) is 5.69 Å².